The Balaban J connectivity index is 1.93. The minimum absolute atomic E-state index is 0.0606. The van der Waals surface area contributed by atoms with Gasteiger partial charge in [-0.1, -0.05) is 26.0 Å². The Hall–Kier alpha value is -1.95. The van der Waals surface area contributed by atoms with Crippen LogP contribution >= 0.6 is 0 Å². The van der Waals surface area contributed by atoms with Crippen LogP contribution in [0.25, 0.3) is 0 Å². The molecule has 1 aromatic carbocycles. The SMILES string of the molecule is CCC1NC(c2cccc([N+](=O)[O-])c2)N(C2CC2C)C1=O. The summed E-state index contributed by atoms with van der Waals surface area (Å²) in [4.78, 5) is 24.9. The predicted octanol–water partition coefficient (Wildman–Crippen LogP) is 2.21. The van der Waals surface area contributed by atoms with Crippen LogP contribution in [-0.2, 0) is 4.79 Å². The lowest BCUT2D eigenvalue weighted by Crippen LogP contribution is -2.33. The van der Waals surface area contributed by atoms with Gasteiger partial charge in [-0.25, -0.2) is 0 Å². The van der Waals surface area contributed by atoms with Gasteiger partial charge in [0.1, 0.15) is 6.17 Å². The van der Waals surface area contributed by atoms with Crippen LogP contribution in [0.2, 0.25) is 0 Å². The molecule has 1 saturated carbocycles. The van der Waals surface area contributed by atoms with E-state index in [1.165, 1.54) is 6.07 Å². The first-order valence-corrected chi connectivity index (χ1v) is 7.35. The van der Waals surface area contributed by atoms with E-state index in [2.05, 4.69) is 12.2 Å². The molecule has 1 aliphatic carbocycles. The van der Waals surface area contributed by atoms with E-state index in [1.54, 1.807) is 12.1 Å². The molecule has 3 rings (SSSR count). The average molecular weight is 289 g/mol. The molecule has 4 atom stereocenters. The van der Waals surface area contributed by atoms with Crippen molar-refractivity contribution in [2.24, 2.45) is 5.92 Å². The molecule has 1 aliphatic heterocycles. The second-order valence-corrected chi connectivity index (χ2v) is 5.91. The highest BCUT2D eigenvalue weighted by atomic mass is 16.6. The van der Waals surface area contributed by atoms with Crippen LogP contribution in [-0.4, -0.2) is 27.8 Å². The van der Waals surface area contributed by atoms with Gasteiger partial charge in [-0.2, -0.15) is 0 Å². The maximum Gasteiger partial charge on any atom is 0.269 e. The molecule has 1 amide bonds. The minimum Gasteiger partial charge on any atom is -0.318 e. The monoisotopic (exact) mass is 289 g/mol. The number of benzene rings is 1. The summed E-state index contributed by atoms with van der Waals surface area (Å²) in [5.41, 5.74) is 0.845. The van der Waals surface area contributed by atoms with Gasteiger partial charge in [0, 0.05) is 18.2 Å². The van der Waals surface area contributed by atoms with Crippen LogP contribution in [0.5, 0.6) is 0 Å². The molecule has 2 fully saturated rings. The van der Waals surface area contributed by atoms with Crippen molar-refractivity contribution in [2.75, 3.05) is 0 Å². The summed E-state index contributed by atoms with van der Waals surface area (Å²) >= 11 is 0. The number of hydrogen-bond acceptors (Lipinski definition) is 4. The van der Waals surface area contributed by atoms with Crippen LogP contribution in [0.15, 0.2) is 24.3 Å². The lowest BCUT2D eigenvalue weighted by Gasteiger charge is -2.24. The Morgan fingerprint density at radius 1 is 1.48 bits per heavy atom. The van der Waals surface area contributed by atoms with Crippen LogP contribution in [0, 0.1) is 16.0 Å². The smallest absolute Gasteiger partial charge is 0.269 e. The molecule has 0 spiro atoms. The van der Waals surface area contributed by atoms with Gasteiger partial charge in [0.2, 0.25) is 5.91 Å². The molecule has 0 radical (unpaired) electrons. The first kappa shape index (κ1) is 14.0. The van der Waals surface area contributed by atoms with Gasteiger partial charge in [-0.15, -0.1) is 0 Å². The molecular weight excluding hydrogens is 270 g/mol. The Morgan fingerprint density at radius 2 is 2.19 bits per heavy atom. The summed E-state index contributed by atoms with van der Waals surface area (Å²) < 4.78 is 0. The number of amides is 1. The molecule has 0 bridgehead atoms. The van der Waals surface area contributed by atoms with Gasteiger partial charge < -0.3 is 4.90 Å². The number of hydrogen-bond donors (Lipinski definition) is 1. The van der Waals surface area contributed by atoms with Gasteiger partial charge in [0.15, 0.2) is 0 Å². The van der Waals surface area contributed by atoms with Crippen LogP contribution < -0.4 is 5.32 Å². The molecule has 1 N–H and O–H groups in total. The molecular formula is C15H19N3O3. The van der Waals surface area contributed by atoms with Gasteiger partial charge in [0.25, 0.3) is 5.69 Å². The van der Waals surface area contributed by atoms with E-state index in [-0.39, 0.29) is 29.8 Å². The van der Waals surface area contributed by atoms with Crippen LogP contribution in [0.1, 0.15) is 38.4 Å². The molecule has 6 heteroatoms. The topological polar surface area (TPSA) is 75.5 Å². The Labute approximate surface area is 123 Å². The largest absolute Gasteiger partial charge is 0.318 e. The molecule has 4 unspecified atom stereocenters. The Bertz CT molecular complexity index is 589. The van der Waals surface area contributed by atoms with Crippen molar-refractivity contribution in [3.8, 4) is 0 Å². The van der Waals surface area contributed by atoms with E-state index in [0.717, 1.165) is 18.4 Å². The zero-order valence-corrected chi connectivity index (χ0v) is 12.2. The third kappa shape index (κ3) is 2.40. The summed E-state index contributed by atoms with van der Waals surface area (Å²) in [5.74, 6) is 0.621. The van der Waals surface area contributed by atoms with E-state index in [9.17, 15) is 14.9 Å². The third-order valence-corrected chi connectivity index (χ3v) is 4.42. The number of carbonyl (C=O) groups is 1. The van der Waals surface area contributed by atoms with Crippen molar-refractivity contribution in [2.45, 2.75) is 44.9 Å². The number of nitrogens with one attached hydrogen (secondary N) is 1. The van der Waals surface area contributed by atoms with E-state index < -0.39 is 4.92 Å². The number of nitro groups is 1. The molecule has 1 saturated heterocycles. The van der Waals surface area contributed by atoms with Crippen molar-refractivity contribution in [1.82, 2.24) is 10.2 Å². The Kier molecular flexibility index (Phi) is 3.41. The third-order valence-electron chi connectivity index (χ3n) is 4.42. The highest BCUT2D eigenvalue weighted by Crippen LogP contribution is 2.42. The van der Waals surface area contributed by atoms with Gasteiger partial charge in [0.05, 0.1) is 11.0 Å². The first-order valence-electron chi connectivity index (χ1n) is 7.35. The summed E-state index contributed by atoms with van der Waals surface area (Å²) in [7, 11) is 0. The van der Waals surface area contributed by atoms with Gasteiger partial charge in [-0.05, 0) is 24.3 Å². The Morgan fingerprint density at radius 3 is 2.76 bits per heavy atom. The number of nitrogens with zero attached hydrogens (tertiary/aromatic N) is 2. The van der Waals surface area contributed by atoms with Crippen molar-refractivity contribution >= 4 is 11.6 Å². The molecule has 1 heterocycles. The van der Waals surface area contributed by atoms with E-state index in [0.29, 0.717) is 5.92 Å². The second-order valence-electron chi connectivity index (χ2n) is 5.91. The predicted molar refractivity (Wildman–Crippen MR) is 77.5 cm³/mol. The molecule has 1 aromatic rings. The van der Waals surface area contributed by atoms with E-state index >= 15 is 0 Å². The zero-order chi connectivity index (χ0) is 15.1. The van der Waals surface area contributed by atoms with Gasteiger partial charge in [-0.3, -0.25) is 20.2 Å². The summed E-state index contributed by atoms with van der Waals surface area (Å²) in [6.45, 7) is 4.10. The minimum atomic E-state index is -0.401. The number of non-ortho nitro benzene ring substituents is 1. The quantitative estimate of drug-likeness (QED) is 0.681. The lowest BCUT2D eigenvalue weighted by atomic mass is 10.1. The fourth-order valence-corrected chi connectivity index (χ4v) is 3.05. The molecule has 0 aromatic heterocycles. The zero-order valence-electron chi connectivity index (χ0n) is 12.2. The molecule has 21 heavy (non-hydrogen) atoms. The van der Waals surface area contributed by atoms with Crippen molar-refractivity contribution in [3.63, 3.8) is 0 Å². The van der Waals surface area contributed by atoms with Gasteiger partial charge >= 0.3 is 0 Å². The summed E-state index contributed by atoms with van der Waals surface area (Å²) in [6.07, 6.45) is 1.48. The van der Waals surface area contributed by atoms with E-state index in [4.69, 9.17) is 0 Å². The molecule has 2 aliphatic rings. The summed E-state index contributed by atoms with van der Waals surface area (Å²) in [5, 5.41) is 14.3. The maximum absolute atomic E-state index is 12.5. The van der Waals surface area contributed by atoms with Crippen molar-refractivity contribution < 1.29 is 9.72 Å². The number of rotatable bonds is 4. The van der Waals surface area contributed by atoms with Crippen molar-refractivity contribution in [3.05, 3.63) is 39.9 Å². The maximum atomic E-state index is 12.5. The first-order chi connectivity index (χ1) is 10.0. The average Bonchev–Trinajstić information content (AvgIpc) is 3.09. The van der Waals surface area contributed by atoms with Crippen LogP contribution in [0.4, 0.5) is 5.69 Å². The second kappa shape index (κ2) is 5.11. The van der Waals surface area contributed by atoms with E-state index in [1.807, 2.05) is 17.9 Å². The molecule has 112 valence electrons. The normalized spacial score (nSPS) is 31.5. The highest BCUT2D eigenvalue weighted by Gasteiger charge is 2.49. The van der Waals surface area contributed by atoms with Crippen molar-refractivity contribution in [1.29, 1.82) is 0 Å². The number of nitro benzene ring substituents is 1. The fourth-order valence-electron chi connectivity index (χ4n) is 3.05. The fraction of sp³-hybridized carbons (Fsp3) is 0.533. The standard InChI is InChI=1S/C15H19N3O3/c1-3-12-15(19)17(13-7-9(13)2)14(16-12)10-5-4-6-11(8-10)18(20)21/h4-6,8-9,12-14,16H,3,7H2,1-2H3. The lowest BCUT2D eigenvalue weighted by molar-refractivity contribution is -0.385. The van der Waals surface area contributed by atoms with Crippen LogP contribution in [0.3, 0.4) is 0 Å². The molecule has 6 nitrogen and oxygen atoms in total. The number of carbonyl (C=O) groups excluding carboxylic acids is 1. The summed E-state index contributed by atoms with van der Waals surface area (Å²) in [6, 6.07) is 6.61. The highest BCUT2D eigenvalue weighted by molar-refractivity contribution is 5.85.